The summed E-state index contributed by atoms with van der Waals surface area (Å²) in [5.74, 6) is 2.11. The number of hydrogen-bond acceptors (Lipinski definition) is 5. The Morgan fingerprint density at radius 3 is 2.76 bits per heavy atom. The lowest BCUT2D eigenvalue weighted by molar-refractivity contribution is 0.416. The molecule has 33 heavy (non-hydrogen) atoms. The molecular formula is C26H26FN5O. The van der Waals surface area contributed by atoms with Crippen molar-refractivity contribution in [3.05, 3.63) is 83.2 Å². The molecule has 6 nitrogen and oxygen atoms in total. The second-order valence-corrected chi connectivity index (χ2v) is 8.44. The molecule has 4 aromatic rings. The maximum absolute atomic E-state index is 13.6. The van der Waals surface area contributed by atoms with Gasteiger partial charge >= 0.3 is 0 Å². The Hall–Kier alpha value is -3.74. The Morgan fingerprint density at radius 1 is 1.09 bits per heavy atom. The Morgan fingerprint density at radius 2 is 1.97 bits per heavy atom. The number of hydrogen-bond donors (Lipinski definition) is 1. The van der Waals surface area contributed by atoms with Gasteiger partial charge in [0.15, 0.2) is 0 Å². The third-order valence-corrected chi connectivity index (χ3v) is 6.15. The van der Waals surface area contributed by atoms with E-state index in [4.69, 9.17) is 9.72 Å². The average molecular weight is 444 g/mol. The van der Waals surface area contributed by atoms with E-state index in [0.717, 1.165) is 64.6 Å². The van der Waals surface area contributed by atoms with Crippen molar-refractivity contribution in [1.82, 2.24) is 19.7 Å². The summed E-state index contributed by atoms with van der Waals surface area (Å²) in [5.41, 5.74) is 5.90. The van der Waals surface area contributed by atoms with Gasteiger partial charge in [-0.2, -0.15) is 4.98 Å². The summed E-state index contributed by atoms with van der Waals surface area (Å²) in [5, 5.41) is 8.01. The van der Waals surface area contributed by atoms with Crippen molar-refractivity contribution < 1.29 is 9.13 Å². The first-order chi connectivity index (χ1) is 16.0. The summed E-state index contributed by atoms with van der Waals surface area (Å²) in [4.78, 5) is 9.09. The van der Waals surface area contributed by atoms with Gasteiger partial charge in [-0.3, -0.25) is 4.98 Å². The van der Waals surface area contributed by atoms with Gasteiger partial charge in [-0.15, -0.1) is 5.10 Å². The molecule has 0 saturated heterocycles. The first-order valence-electron chi connectivity index (χ1n) is 11.1. The zero-order valence-electron chi connectivity index (χ0n) is 19.0. The summed E-state index contributed by atoms with van der Waals surface area (Å²) >= 11 is 0. The highest BCUT2D eigenvalue weighted by Crippen LogP contribution is 2.36. The van der Waals surface area contributed by atoms with Crippen LogP contribution in [0, 0.1) is 19.7 Å². The Bertz CT molecular complexity index is 1320. The van der Waals surface area contributed by atoms with Crippen LogP contribution in [-0.4, -0.2) is 26.9 Å². The van der Waals surface area contributed by atoms with Crippen LogP contribution >= 0.6 is 0 Å². The van der Waals surface area contributed by atoms with E-state index in [1.165, 1.54) is 6.07 Å². The van der Waals surface area contributed by atoms with Crippen LogP contribution in [0.1, 0.15) is 41.4 Å². The second kappa shape index (κ2) is 8.65. The number of ether oxygens (including phenoxy) is 1. The van der Waals surface area contributed by atoms with Gasteiger partial charge in [0.2, 0.25) is 5.95 Å². The number of methoxy groups -OCH3 is 1. The lowest BCUT2D eigenvalue weighted by atomic mass is 9.88. The van der Waals surface area contributed by atoms with Gasteiger partial charge in [0.1, 0.15) is 17.4 Å². The van der Waals surface area contributed by atoms with Crippen LogP contribution in [0.2, 0.25) is 0 Å². The van der Waals surface area contributed by atoms with Crippen molar-refractivity contribution >= 4 is 11.6 Å². The topological polar surface area (TPSA) is 64.9 Å². The number of anilines is 2. The van der Waals surface area contributed by atoms with E-state index in [0.29, 0.717) is 5.95 Å². The third-order valence-electron chi connectivity index (χ3n) is 6.15. The average Bonchev–Trinajstić information content (AvgIpc) is 3.22. The van der Waals surface area contributed by atoms with Crippen LogP contribution in [0.4, 0.5) is 16.0 Å². The maximum Gasteiger partial charge on any atom is 0.246 e. The predicted octanol–water partition coefficient (Wildman–Crippen LogP) is 5.77. The molecule has 168 valence electrons. The standard InChI is InChI=1S/C26H26FN5O/c1-16-13-19(27)6-8-21(16)23-5-4-12-32-25(23)30-26(31-32)29-20-7-9-22(24(15-20)33-3)18-10-11-28-17(2)14-18/h6-11,13-15,23H,4-5,12H2,1-3H3,(H,29,31). The molecule has 2 aromatic carbocycles. The predicted molar refractivity (Wildman–Crippen MR) is 126 cm³/mol. The van der Waals surface area contributed by atoms with Gasteiger partial charge in [0.05, 0.1) is 7.11 Å². The van der Waals surface area contributed by atoms with Crippen molar-refractivity contribution in [3.8, 4) is 16.9 Å². The maximum atomic E-state index is 13.6. The molecule has 0 spiro atoms. The van der Waals surface area contributed by atoms with E-state index < -0.39 is 0 Å². The molecule has 1 aliphatic heterocycles. The molecular weight excluding hydrogens is 417 g/mol. The zero-order chi connectivity index (χ0) is 22.9. The summed E-state index contributed by atoms with van der Waals surface area (Å²) in [6, 6.07) is 15.0. The second-order valence-electron chi connectivity index (χ2n) is 8.44. The largest absolute Gasteiger partial charge is 0.496 e. The molecule has 0 fully saturated rings. The highest BCUT2D eigenvalue weighted by molar-refractivity contribution is 5.74. The SMILES string of the molecule is COc1cc(Nc2nc3n(n2)CCCC3c2ccc(F)cc2C)ccc1-c1ccnc(C)c1. The normalized spacial score (nSPS) is 15.2. The van der Waals surface area contributed by atoms with Crippen LogP contribution < -0.4 is 10.1 Å². The molecule has 1 unspecified atom stereocenters. The number of aryl methyl sites for hydroxylation is 3. The van der Waals surface area contributed by atoms with E-state index in [-0.39, 0.29) is 11.7 Å². The quantitative estimate of drug-likeness (QED) is 0.424. The van der Waals surface area contributed by atoms with Gasteiger partial charge in [0, 0.05) is 41.7 Å². The molecule has 5 rings (SSSR count). The van der Waals surface area contributed by atoms with Crippen LogP contribution in [0.15, 0.2) is 54.7 Å². The zero-order valence-corrected chi connectivity index (χ0v) is 19.0. The summed E-state index contributed by atoms with van der Waals surface area (Å²) in [6.07, 6.45) is 3.78. The Balaban J connectivity index is 1.43. The fourth-order valence-corrected chi connectivity index (χ4v) is 4.58. The van der Waals surface area contributed by atoms with Gasteiger partial charge < -0.3 is 10.1 Å². The molecule has 1 atom stereocenters. The number of benzene rings is 2. The smallest absolute Gasteiger partial charge is 0.246 e. The number of aromatic nitrogens is 4. The first-order valence-corrected chi connectivity index (χ1v) is 11.1. The molecule has 0 bridgehead atoms. The molecule has 0 saturated carbocycles. The number of rotatable bonds is 5. The number of nitrogens with one attached hydrogen (secondary N) is 1. The molecule has 0 amide bonds. The minimum atomic E-state index is -0.213. The van der Waals surface area contributed by atoms with Crippen molar-refractivity contribution in [2.45, 2.75) is 39.2 Å². The van der Waals surface area contributed by atoms with Crippen molar-refractivity contribution in [3.63, 3.8) is 0 Å². The fraction of sp³-hybridized carbons (Fsp3) is 0.269. The van der Waals surface area contributed by atoms with Crippen LogP contribution in [0.25, 0.3) is 11.1 Å². The van der Waals surface area contributed by atoms with Gasteiger partial charge in [0.25, 0.3) is 0 Å². The molecule has 7 heteroatoms. The summed E-state index contributed by atoms with van der Waals surface area (Å²) in [7, 11) is 1.67. The van der Waals surface area contributed by atoms with E-state index in [1.807, 2.05) is 54.9 Å². The van der Waals surface area contributed by atoms with E-state index in [1.54, 1.807) is 19.4 Å². The number of pyridine rings is 1. The lowest BCUT2D eigenvalue weighted by Crippen LogP contribution is -2.18. The Kier molecular flexibility index (Phi) is 5.54. The monoisotopic (exact) mass is 443 g/mol. The van der Waals surface area contributed by atoms with Gasteiger partial charge in [-0.05, 0) is 79.8 Å². The van der Waals surface area contributed by atoms with E-state index in [2.05, 4.69) is 15.4 Å². The highest BCUT2D eigenvalue weighted by atomic mass is 19.1. The lowest BCUT2D eigenvalue weighted by Gasteiger charge is -2.23. The summed E-state index contributed by atoms with van der Waals surface area (Å²) in [6.45, 7) is 4.74. The summed E-state index contributed by atoms with van der Waals surface area (Å²) < 4.78 is 21.2. The van der Waals surface area contributed by atoms with Gasteiger partial charge in [-0.1, -0.05) is 6.07 Å². The number of nitrogens with zero attached hydrogens (tertiary/aromatic N) is 4. The molecule has 3 heterocycles. The first kappa shape index (κ1) is 21.1. The van der Waals surface area contributed by atoms with Gasteiger partial charge in [-0.25, -0.2) is 9.07 Å². The van der Waals surface area contributed by atoms with Crippen molar-refractivity contribution in [1.29, 1.82) is 0 Å². The third kappa shape index (κ3) is 4.18. The van der Waals surface area contributed by atoms with E-state index >= 15 is 0 Å². The minimum Gasteiger partial charge on any atom is -0.496 e. The molecule has 1 aliphatic rings. The highest BCUT2D eigenvalue weighted by Gasteiger charge is 2.27. The van der Waals surface area contributed by atoms with Crippen molar-refractivity contribution in [2.75, 3.05) is 12.4 Å². The molecule has 0 aliphatic carbocycles. The molecule has 0 radical (unpaired) electrons. The van der Waals surface area contributed by atoms with Crippen LogP contribution in [-0.2, 0) is 6.54 Å². The van der Waals surface area contributed by atoms with E-state index in [9.17, 15) is 4.39 Å². The Labute approximate surface area is 192 Å². The fourth-order valence-electron chi connectivity index (χ4n) is 4.58. The minimum absolute atomic E-state index is 0.106. The number of halogens is 1. The molecule has 1 N–H and O–H groups in total. The molecule has 2 aromatic heterocycles. The van der Waals surface area contributed by atoms with Crippen LogP contribution in [0.3, 0.4) is 0 Å². The van der Waals surface area contributed by atoms with Crippen LogP contribution in [0.5, 0.6) is 5.75 Å². The number of fused-ring (bicyclic) bond motifs is 1. The van der Waals surface area contributed by atoms with Crippen molar-refractivity contribution in [2.24, 2.45) is 0 Å².